The van der Waals surface area contributed by atoms with Crippen LogP contribution in [0.15, 0.2) is 0 Å². The van der Waals surface area contributed by atoms with Gasteiger partial charge in [-0.3, -0.25) is 4.90 Å². The first-order chi connectivity index (χ1) is 7.90. The van der Waals surface area contributed by atoms with Crippen LogP contribution in [-0.2, 0) is 4.74 Å². The second-order valence-corrected chi connectivity index (χ2v) is 5.10. The molecule has 16 heavy (non-hydrogen) atoms. The lowest BCUT2D eigenvalue weighted by atomic mass is 9.98. The van der Waals surface area contributed by atoms with Crippen molar-refractivity contribution in [1.82, 2.24) is 10.2 Å². The molecule has 0 aromatic heterocycles. The van der Waals surface area contributed by atoms with Gasteiger partial charge in [0.2, 0.25) is 0 Å². The van der Waals surface area contributed by atoms with Crippen LogP contribution in [0.1, 0.15) is 39.0 Å². The molecule has 0 aromatic carbocycles. The number of hydrogen-bond donors (Lipinski definition) is 1. The quantitative estimate of drug-likeness (QED) is 0.791. The zero-order valence-electron chi connectivity index (χ0n) is 10.6. The molecule has 2 aliphatic heterocycles. The van der Waals surface area contributed by atoms with Gasteiger partial charge >= 0.3 is 0 Å². The highest BCUT2D eigenvalue weighted by molar-refractivity contribution is 4.81. The molecular weight excluding hydrogens is 200 g/mol. The van der Waals surface area contributed by atoms with Gasteiger partial charge in [0.05, 0.1) is 6.10 Å². The van der Waals surface area contributed by atoms with E-state index in [4.69, 9.17) is 4.74 Å². The van der Waals surface area contributed by atoms with Crippen LogP contribution in [0.25, 0.3) is 0 Å². The molecule has 2 rings (SSSR count). The molecule has 3 nitrogen and oxygen atoms in total. The van der Waals surface area contributed by atoms with Crippen molar-refractivity contribution in [1.29, 1.82) is 0 Å². The summed E-state index contributed by atoms with van der Waals surface area (Å²) in [6, 6.07) is 0.783. The molecule has 0 aliphatic carbocycles. The summed E-state index contributed by atoms with van der Waals surface area (Å²) in [5.41, 5.74) is 0. The van der Waals surface area contributed by atoms with Crippen LogP contribution >= 0.6 is 0 Å². The summed E-state index contributed by atoms with van der Waals surface area (Å²) >= 11 is 0. The van der Waals surface area contributed by atoms with Crippen LogP contribution in [0.5, 0.6) is 0 Å². The Morgan fingerprint density at radius 3 is 3.12 bits per heavy atom. The Morgan fingerprint density at radius 1 is 1.31 bits per heavy atom. The van der Waals surface area contributed by atoms with Gasteiger partial charge in [-0.1, -0.05) is 13.3 Å². The lowest BCUT2D eigenvalue weighted by Crippen LogP contribution is -2.43. The minimum atomic E-state index is 0.528. The summed E-state index contributed by atoms with van der Waals surface area (Å²) in [5.74, 6) is 0. The molecule has 2 unspecified atom stereocenters. The molecule has 0 bridgehead atoms. The summed E-state index contributed by atoms with van der Waals surface area (Å²) < 4.78 is 5.83. The van der Waals surface area contributed by atoms with E-state index < -0.39 is 0 Å². The van der Waals surface area contributed by atoms with E-state index in [0.717, 1.165) is 19.2 Å². The average Bonchev–Trinajstić information content (AvgIpc) is 2.58. The summed E-state index contributed by atoms with van der Waals surface area (Å²) in [4.78, 5) is 2.69. The van der Waals surface area contributed by atoms with Crippen LogP contribution in [0.2, 0.25) is 0 Å². The highest BCUT2D eigenvalue weighted by Gasteiger charge is 2.26. The van der Waals surface area contributed by atoms with E-state index in [-0.39, 0.29) is 0 Å². The summed E-state index contributed by atoms with van der Waals surface area (Å²) in [5, 5.41) is 3.48. The molecule has 0 radical (unpaired) electrons. The standard InChI is InChI=1S/C13H26N2O/c1-2-4-13-11-12(5-10-16-13)15-8-3-6-14-7-9-15/h12-14H,2-11H2,1H3. The Morgan fingerprint density at radius 2 is 2.25 bits per heavy atom. The number of ether oxygens (including phenoxy) is 1. The van der Waals surface area contributed by atoms with Crippen LogP contribution in [-0.4, -0.2) is 49.8 Å². The van der Waals surface area contributed by atoms with E-state index in [9.17, 15) is 0 Å². The minimum Gasteiger partial charge on any atom is -0.378 e. The van der Waals surface area contributed by atoms with E-state index in [1.165, 1.54) is 51.7 Å². The van der Waals surface area contributed by atoms with Crippen LogP contribution in [0.4, 0.5) is 0 Å². The molecular formula is C13H26N2O. The highest BCUT2D eigenvalue weighted by atomic mass is 16.5. The molecule has 2 aliphatic rings. The van der Waals surface area contributed by atoms with Crippen molar-refractivity contribution in [2.45, 2.75) is 51.2 Å². The van der Waals surface area contributed by atoms with Gasteiger partial charge in [0.15, 0.2) is 0 Å². The predicted molar refractivity (Wildman–Crippen MR) is 66.7 cm³/mol. The maximum atomic E-state index is 5.83. The van der Waals surface area contributed by atoms with E-state index >= 15 is 0 Å². The Bertz CT molecular complexity index is 188. The smallest absolute Gasteiger partial charge is 0.0590 e. The number of nitrogens with one attached hydrogen (secondary N) is 1. The van der Waals surface area contributed by atoms with Crippen molar-refractivity contribution in [3.8, 4) is 0 Å². The van der Waals surface area contributed by atoms with Gasteiger partial charge in [-0.05, 0) is 38.8 Å². The fraction of sp³-hybridized carbons (Fsp3) is 1.00. The molecule has 0 spiro atoms. The second kappa shape index (κ2) is 6.58. The van der Waals surface area contributed by atoms with Crippen molar-refractivity contribution in [3.63, 3.8) is 0 Å². The van der Waals surface area contributed by atoms with Crippen molar-refractivity contribution in [2.24, 2.45) is 0 Å². The van der Waals surface area contributed by atoms with Gasteiger partial charge in [-0.2, -0.15) is 0 Å². The Kier molecular flexibility index (Phi) is 5.07. The Hall–Kier alpha value is -0.120. The first-order valence-corrected chi connectivity index (χ1v) is 6.96. The average molecular weight is 226 g/mol. The molecule has 3 heteroatoms. The molecule has 1 N–H and O–H groups in total. The van der Waals surface area contributed by atoms with Gasteiger partial charge in [0.25, 0.3) is 0 Å². The van der Waals surface area contributed by atoms with Gasteiger partial charge in [-0.15, -0.1) is 0 Å². The zero-order valence-corrected chi connectivity index (χ0v) is 10.6. The third-order valence-corrected chi connectivity index (χ3v) is 3.84. The fourth-order valence-electron chi connectivity index (χ4n) is 2.95. The number of rotatable bonds is 3. The van der Waals surface area contributed by atoms with Gasteiger partial charge in [0, 0.05) is 25.7 Å². The van der Waals surface area contributed by atoms with Crippen molar-refractivity contribution < 1.29 is 4.74 Å². The Labute approximate surface area is 99.5 Å². The maximum absolute atomic E-state index is 5.83. The largest absolute Gasteiger partial charge is 0.378 e. The summed E-state index contributed by atoms with van der Waals surface area (Å²) in [7, 11) is 0. The summed E-state index contributed by atoms with van der Waals surface area (Å²) in [6.07, 6.45) is 6.81. The molecule has 0 amide bonds. The van der Waals surface area contributed by atoms with Crippen molar-refractivity contribution in [3.05, 3.63) is 0 Å². The third-order valence-electron chi connectivity index (χ3n) is 3.84. The molecule has 0 saturated carbocycles. The normalized spacial score (nSPS) is 33.6. The maximum Gasteiger partial charge on any atom is 0.0590 e. The van der Waals surface area contributed by atoms with Crippen LogP contribution < -0.4 is 5.32 Å². The van der Waals surface area contributed by atoms with Crippen LogP contribution in [0.3, 0.4) is 0 Å². The summed E-state index contributed by atoms with van der Waals surface area (Å²) in [6.45, 7) is 8.08. The van der Waals surface area contributed by atoms with Gasteiger partial charge in [0.1, 0.15) is 0 Å². The van der Waals surface area contributed by atoms with Crippen LogP contribution in [0, 0.1) is 0 Å². The Balaban J connectivity index is 1.82. The first-order valence-electron chi connectivity index (χ1n) is 6.96. The SMILES string of the molecule is CCCC1CC(N2CCCNCC2)CCO1. The van der Waals surface area contributed by atoms with Gasteiger partial charge < -0.3 is 10.1 Å². The lowest BCUT2D eigenvalue weighted by molar-refractivity contribution is -0.0295. The van der Waals surface area contributed by atoms with E-state index in [1.807, 2.05) is 0 Å². The first kappa shape index (κ1) is 12.3. The number of nitrogens with zero attached hydrogens (tertiary/aromatic N) is 1. The molecule has 94 valence electrons. The molecule has 2 saturated heterocycles. The topological polar surface area (TPSA) is 24.5 Å². The monoisotopic (exact) mass is 226 g/mol. The molecule has 2 fully saturated rings. The predicted octanol–water partition coefficient (Wildman–Crippen LogP) is 1.63. The van der Waals surface area contributed by atoms with Gasteiger partial charge in [-0.25, -0.2) is 0 Å². The molecule has 0 aromatic rings. The van der Waals surface area contributed by atoms with E-state index in [1.54, 1.807) is 0 Å². The fourth-order valence-corrected chi connectivity index (χ4v) is 2.95. The van der Waals surface area contributed by atoms with E-state index in [0.29, 0.717) is 6.10 Å². The molecule has 2 atom stereocenters. The minimum absolute atomic E-state index is 0.528. The van der Waals surface area contributed by atoms with E-state index in [2.05, 4.69) is 17.1 Å². The third kappa shape index (κ3) is 3.44. The number of hydrogen-bond acceptors (Lipinski definition) is 3. The second-order valence-electron chi connectivity index (χ2n) is 5.10. The van der Waals surface area contributed by atoms with Crippen molar-refractivity contribution in [2.75, 3.05) is 32.8 Å². The lowest BCUT2D eigenvalue weighted by Gasteiger charge is -2.37. The highest BCUT2D eigenvalue weighted by Crippen LogP contribution is 2.22. The zero-order chi connectivity index (χ0) is 11.2. The molecule has 2 heterocycles. The van der Waals surface area contributed by atoms with Crippen molar-refractivity contribution >= 4 is 0 Å².